The van der Waals surface area contributed by atoms with Crippen molar-refractivity contribution in [3.05, 3.63) is 11.9 Å². The highest BCUT2D eigenvalue weighted by molar-refractivity contribution is 5.92. The smallest absolute Gasteiger partial charge is 0.274 e. The van der Waals surface area contributed by atoms with Gasteiger partial charge in [0.1, 0.15) is 5.69 Å². The summed E-state index contributed by atoms with van der Waals surface area (Å²) in [4.78, 5) is 18.9. The van der Waals surface area contributed by atoms with E-state index in [2.05, 4.69) is 17.2 Å². The molecule has 1 N–H and O–H groups in total. The fourth-order valence-electron chi connectivity index (χ4n) is 3.26. The first-order chi connectivity index (χ1) is 9.65. The highest BCUT2D eigenvalue weighted by Gasteiger charge is 2.27. The van der Waals surface area contributed by atoms with Gasteiger partial charge in [-0.2, -0.15) is 0 Å². The summed E-state index contributed by atoms with van der Waals surface area (Å²) in [5, 5.41) is 3.24. The van der Waals surface area contributed by atoms with Crippen LogP contribution in [0.4, 0.5) is 5.95 Å². The molecular weight excluding hydrogens is 252 g/mol. The molecule has 5 nitrogen and oxygen atoms in total. The first-order valence-corrected chi connectivity index (χ1v) is 7.73. The third-order valence-corrected chi connectivity index (χ3v) is 4.71. The SMILES string of the molecule is CC1CCC(N(C)C(=O)c2cn3c(n2)NCCC3)CC1. The van der Waals surface area contributed by atoms with E-state index in [1.165, 1.54) is 12.8 Å². The van der Waals surface area contributed by atoms with Crippen LogP contribution in [0, 0.1) is 5.92 Å². The fourth-order valence-corrected chi connectivity index (χ4v) is 3.26. The van der Waals surface area contributed by atoms with Crippen molar-refractivity contribution in [2.75, 3.05) is 18.9 Å². The van der Waals surface area contributed by atoms with Crippen molar-refractivity contribution in [3.63, 3.8) is 0 Å². The molecule has 0 radical (unpaired) electrons. The number of hydrogen-bond donors (Lipinski definition) is 1. The van der Waals surface area contributed by atoms with Crippen LogP contribution >= 0.6 is 0 Å². The predicted octanol–water partition coefficient (Wildman–Crippen LogP) is 2.35. The van der Waals surface area contributed by atoms with Gasteiger partial charge in [-0.15, -0.1) is 0 Å². The van der Waals surface area contributed by atoms with Crippen molar-refractivity contribution >= 4 is 11.9 Å². The molecule has 0 saturated heterocycles. The van der Waals surface area contributed by atoms with E-state index in [9.17, 15) is 4.79 Å². The molecule has 110 valence electrons. The molecular formula is C15H24N4O. The van der Waals surface area contributed by atoms with Crippen LogP contribution in [0.25, 0.3) is 0 Å². The summed E-state index contributed by atoms with van der Waals surface area (Å²) in [6.45, 7) is 4.20. The van der Waals surface area contributed by atoms with E-state index in [4.69, 9.17) is 0 Å². The Kier molecular flexibility index (Phi) is 3.68. The van der Waals surface area contributed by atoms with Gasteiger partial charge in [0.15, 0.2) is 0 Å². The number of rotatable bonds is 2. The lowest BCUT2D eigenvalue weighted by Crippen LogP contribution is -2.39. The number of aryl methyl sites for hydroxylation is 1. The zero-order valence-corrected chi connectivity index (χ0v) is 12.4. The van der Waals surface area contributed by atoms with Gasteiger partial charge >= 0.3 is 0 Å². The number of carbonyl (C=O) groups is 1. The van der Waals surface area contributed by atoms with Crippen molar-refractivity contribution in [2.45, 2.75) is 51.6 Å². The van der Waals surface area contributed by atoms with Crippen LogP contribution in [-0.2, 0) is 6.54 Å². The summed E-state index contributed by atoms with van der Waals surface area (Å²) in [6, 6.07) is 0.380. The molecule has 1 amide bonds. The molecule has 1 aromatic rings. The largest absolute Gasteiger partial charge is 0.356 e. The topological polar surface area (TPSA) is 50.2 Å². The monoisotopic (exact) mass is 276 g/mol. The average molecular weight is 276 g/mol. The van der Waals surface area contributed by atoms with Crippen LogP contribution in [0.15, 0.2) is 6.20 Å². The molecule has 0 unspecified atom stereocenters. The molecule has 0 atom stereocenters. The minimum Gasteiger partial charge on any atom is -0.356 e. The predicted molar refractivity (Wildman–Crippen MR) is 78.8 cm³/mol. The van der Waals surface area contributed by atoms with E-state index in [0.29, 0.717) is 11.7 Å². The number of imidazole rings is 1. The van der Waals surface area contributed by atoms with Crippen LogP contribution < -0.4 is 5.32 Å². The molecule has 0 spiro atoms. The Bertz CT molecular complexity index is 465. The van der Waals surface area contributed by atoms with Crippen molar-refractivity contribution in [1.82, 2.24) is 14.5 Å². The van der Waals surface area contributed by atoms with Gasteiger partial charge < -0.3 is 14.8 Å². The number of amides is 1. The summed E-state index contributed by atoms with van der Waals surface area (Å²) in [5.41, 5.74) is 0.579. The number of nitrogens with zero attached hydrogens (tertiary/aromatic N) is 3. The average Bonchev–Trinajstić information content (AvgIpc) is 2.90. The standard InChI is InChI=1S/C15H24N4O/c1-11-4-6-12(7-5-11)18(2)14(20)13-10-19-9-3-8-16-15(19)17-13/h10-12H,3-9H2,1-2H3,(H,16,17). The molecule has 3 rings (SSSR count). The number of anilines is 1. The number of fused-ring (bicyclic) bond motifs is 1. The second-order valence-corrected chi connectivity index (χ2v) is 6.25. The molecule has 0 bridgehead atoms. The van der Waals surface area contributed by atoms with Crippen molar-refractivity contribution in [1.29, 1.82) is 0 Å². The van der Waals surface area contributed by atoms with Crippen molar-refractivity contribution < 1.29 is 4.79 Å². The lowest BCUT2D eigenvalue weighted by molar-refractivity contribution is 0.0674. The minimum atomic E-state index is 0.0632. The number of nitrogens with one attached hydrogen (secondary N) is 1. The minimum absolute atomic E-state index is 0.0632. The zero-order valence-electron chi connectivity index (χ0n) is 12.4. The van der Waals surface area contributed by atoms with Crippen molar-refractivity contribution in [3.8, 4) is 0 Å². The molecule has 1 aromatic heterocycles. The van der Waals surface area contributed by atoms with Crippen LogP contribution in [0.1, 0.15) is 49.5 Å². The first kappa shape index (κ1) is 13.5. The van der Waals surface area contributed by atoms with E-state index in [0.717, 1.165) is 44.2 Å². The van der Waals surface area contributed by atoms with Gasteiger partial charge in [0.2, 0.25) is 5.95 Å². The van der Waals surface area contributed by atoms with E-state index in [1.807, 2.05) is 22.7 Å². The number of hydrogen-bond acceptors (Lipinski definition) is 3. The lowest BCUT2D eigenvalue weighted by Gasteiger charge is -2.33. The van der Waals surface area contributed by atoms with Gasteiger partial charge in [0.05, 0.1) is 0 Å². The lowest BCUT2D eigenvalue weighted by atomic mass is 9.86. The summed E-state index contributed by atoms with van der Waals surface area (Å²) in [7, 11) is 1.93. The Balaban J connectivity index is 1.70. The summed E-state index contributed by atoms with van der Waals surface area (Å²) >= 11 is 0. The normalized spacial score (nSPS) is 25.7. The molecule has 1 fully saturated rings. The fraction of sp³-hybridized carbons (Fsp3) is 0.733. The third-order valence-electron chi connectivity index (χ3n) is 4.71. The Labute approximate surface area is 120 Å². The molecule has 2 aliphatic rings. The highest BCUT2D eigenvalue weighted by atomic mass is 16.2. The molecule has 1 saturated carbocycles. The third kappa shape index (κ3) is 2.53. The molecule has 0 aromatic carbocycles. The zero-order chi connectivity index (χ0) is 14.1. The second-order valence-electron chi connectivity index (χ2n) is 6.25. The van der Waals surface area contributed by atoms with E-state index in [-0.39, 0.29) is 5.91 Å². The number of aromatic nitrogens is 2. The van der Waals surface area contributed by atoms with Gasteiger partial charge in [-0.3, -0.25) is 4.79 Å². The van der Waals surface area contributed by atoms with Crippen LogP contribution in [0.5, 0.6) is 0 Å². The van der Waals surface area contributed by atoms with Gasteiger partial charge in [-0.05, 0) is 38.0 Å². The van der Waals surface area contributed by atoms with Gasteiger partial charge in [-0.1, -0.05) is 6.92 Å². The maximum Gasteiger partial charge on any atom is 0.274 e. The second kappa shape index (κ2) is 5.46. The van der Waals surface area contributed by atoms with Gasteiger partial charge in [-0.25, -0.2) is 4.98 Å². The Morgan fingerprint density at radius 2 is 2.15 bits per heavy atom. The molecule has 5 heteroatoms. The summed E-state index contributed by atoms with van der Waals surface area (Å²) in [6.07, 6.45) is 7.68. The van der Waals surface area contributed by atoms with Crippen LogP contribution in [0.3, 0.4) is 0 Å². The van der Waals surface area contributed by atoms with Gasteiger partial charge in [0, 0.05) is 32.4 Å². The molecule has 1 aliphatic heterocycles. The Morgan fingerprint density at radius 3 is 2.85 bits per heavy atom. The van der Waals surface area contributed by atoms with Crippen LogP contribution in [0.2, 0.25) is 0 Å². The molecule has 2 heterocycles. The Hall–Kier alpha value is -1.52. The molecule has 1 aliphatic carbocycles. The maximum atomic E-state index is 12.6. The van der Waals surface area contributed by atoms with Gasteiger partial charge in [0.25, 0.3) is 5.91 Å². The van der Waals surface area contributed by atoms with E-state index >= 15 is 0 Å². The van der Waals surface area contributed by atoms with Crippen LogP contribution in [-0.4, -0.2) is 40.0 Å². The maximum absolute atomic E-state index is 12.6. The summed E-state index contributed by atoms with van der Waals surface area (Å²) < 4.78 is 2.05. The highest BCUT2D eigenvalue weighted by Crippen LogP contribution is 2.27. The first-order valence-electron chi connectivity index (χ1n) is 7.73. The number of carbonyl (C=O) groups excluding carboxylic acids is 1. The van der Waals surface area contributed by atoms with E-state index in [1.54, 1.807) is 0 Å². The quantitative estimate of drug-likeness (QED) is 0.902. The van der Waals surface area contributed by atoms with Crippen molar-refractivity contribution in [2.24, 2.45) is 5.92 Å². The van der Waals surface area contributed by atoms with E-state index < -0.39 is 0 Å². The molecule has 20 heavy (non-hydrogen) atoms. The summed E-state index contributed by atoms with van der Waals surface area (Å²) in [5.74, 6) is 1.71. The Morgan fingerprint density at radius 1 is 1.40 bits per heavy atom.